The number of rotatable bonds is 10. The van der Waals surface area contributed by atoms with E-state index >= 15 is 0 Å². The number of benzene rings is 4. The molecule has 0 fully saturated rings. The van der Waals surface area contributed by atoms with Gasteiger partial charge in [-0.05, 0) is 70.9 Å². The number of ether oxygens (including phenoxy) is 4. The van der Waals surface area contributed by atoms with Gasteiger partial charge in [-0.15, -0.1) is 0 Å². The van der Waals surface area contributed by atoms with Crippen molar-refractivity contribution in [1.82, 2.24) is 5.43 Å². The number of methoxy groups -OCH3 is 2. The van der Waals surface area contributed by atoms with Crippen molar-refractivity contribution < 1.29 is 28.1 Å². The van der Waals surface area contributed by atoms with E-state index in [4.69, 9.17) is 30.5 Å². The third-order valence-electron chi connectivity index (χ3n) is 5.38. The van der Waals surface area contributed by atoms with Crippen LogP contribution in [0.5, 0.6) is 23.0 Å². The first-order valence-corrected chi connectivity index (χ1v) is 11.6. The van der Waals surface area contributed by atoms with Crippen LogP contribution in [0.2, 0.25) is 5.02 Å². The molecule has 4 aromatic carbocycles. The van der Waals surface area contributed by atoms with Crippen molar-refractivity contribution in [3.05, 3.63) is 94.8 Å². The van der Waals surface area contributed by atoms with Crippen LogP contribution in [0, 0.1) is 5.82 Å². The third-order valence-corrected chi connectivity index (χ3v) is 5.73. The molecule has 0 saturated heterocycles. The van der Waals surface area contributed by atoms with Crippen LogP contribution in [0.3, 0.4) is 0 Å². The molecule has 1 amide bonds. The zero-order valence-electron chi connectivity index (χ0n) is 20.2. The largest absolute Gasteiger partial charge is 0.497 e. The Balaban J connectivity index is 1.32. The van der Waals surface area contributed by atoms with Gasteiger partial charge in [0.25, 0.3) is 5.91 Å². The molecule has 0 aliphatic heterocycles. The molecule has 0 atom stereocenters. The van der Waals surface area contributed by atoms with E-state index in [-0.39, 0.29) is 18.2 Å². The summed E-state index contributed by atoms with van der Waals surface area (Å²) in [6.45, 7) is -0.0825. The molecule has 0 spiro atoms. The lowest BCUT2D eigenvalue weighted by atomic mass is 10.1. The first kappa shape index (κ1) is 25.8. The SMILES string of the molecule is COc1ccc2cc(OCC(=O)N/N=C/c3ccc(OC)c(OCc4ccc(F)cc4Cl)c3)ccc2c1. The molecule has 4 aromatic rings. The van der Waals surface area contributed by atoms with Crippen LogP contribution in [-0.2, 0) is 11.4 Å². The summed E-state index contributed by atoms with van der Waals surface area (Å²) in [5.74, 6) is 1.44. The van der Waals surface area contributed by atoms with Crippen LogP contribution in [0.15, 0.2) is 77.9 Å². The summed E-state index contributed by atoms with van der Waals surface area (Å²) in [6, 6.07) is 20.5. The van der Waals surface area contributed by atoms with Gasteiger partial charge >= 0.3 is 0 Å². The quantitative estimate of drug-likeness (QED) is 0.212. The van der Waals surface area contributed by atoms with E-state index in [1.165, 1.54) is 25.5 Å². The van der Waals surface area contributed by atoms with Gasteiger partial charge in [-0.3, -0.25) is 4.79 Å². The van der Waals surface area contributed by atoms with E-state index < -0.39 is 11.7 Å². The minimum Gasteiger partial charge on any atom is -0.497 e. The number of nitrogens with zero attached hydrogens (tertiary/aromatic N) is 1. The zero-order chi connectivity index (χ0) is 26.2. The van der Waals surface area contributed by atoms with Crippen molar-refractivity contribution >= 4 is 34.5 Å². The highest BCUT2D eigenvalue weighted by molar-refractivity contribution is 6.31. The van der Waals surface area contributed by atoms with Crippen LogP contribution >= 0.6 is 11.6 Å². The van der Waals surface area contributed by atoms with Crippen molar-refractivity contribution in [1.29, 1.82) is 0 Å². The lowest BCUT2D eigenvalue weighted by Crippen LogP contribution is -2.24. The summed E-state index contributed by atoms with van der Waals surface area (Å²) < 4.78 is 35.3. The zero-order valence-corrected chi connectivity index (χ0v) is 20.9. The number of hydrogen-bond donors (Lipinski definition) is 1. The van der Waals surface area contributed by atoms with Crippen molar-refractivity contribution in [2.45, 2.75) is 6.61 Å². The lowest BCUT2D eigenvalue weighted by Gasteiger charge is -2.12. The first-order chi connectivity index (χ1) is 17.9. The predicted molar refractivity (Wildman–Crippen MR) is 140 cm³/mol. The van der Waals surface area contributed by atoms with E-state index in [1.54, 1.807) is 37.4 Å². The van der Waals surface area contributed by atoms with E-state index in [0.29, 0.717) is 28.4 Å². The maximum atomic E-state index is 13.3. The summed E-state index contributed by atoms with van der Waals surface area (Å²) in [5.41, 5.74) is 3.72. The molecule has 0 unspecified atom stereocenters. The Morgan fingerprint density at radius 2 is 1.65 bits per heavy atom. The third kappa shape index (κ3) is 6.89. The van der Waals surface area contributed by atoms with Gasteiger partial charge in [-0.1, -0.05) is 29.8 Å². The fraction of sp³-hybridized carbons (Fsp3) is 0.143. The number of carbonyl (C=O) groups excluding carboxylic acids is 1. The summed E-state index contributed by atoms with van der Waals surface area (Å²) in [4.78, 5) is 12.2. The first-order valence-electron chi connectivity index (χ1n) is 11.2. The molecule has 9 heteroatoms. The number of carbonyl (C=O) groups is 1. The molecule has 190 valence electrons. The maximum Gasteiger partial charge on any atom is 0.277 e. The lowest BCUT2D eigenvalue weighted by molar-refractivity contribution is -0.123. The molecule has 0 aliphatic rings. The Kier molecular flexibility index (Phi) is 8.43. The predicted octanol–water partition coefficient (Wildman–Crippen LogP) is 5.76. The Morgan fingerprint density at radius 1 is 0.892 bits per heavy atom. The average molecular weight is 523 g/mol. The summed E-state index contributed by atoms with van der Waals surface area (Å²) >= 11 is 6.07. The van der Waals surface area contributed by atoms with Crippen LogP contribution in [0.1, 0.15) is 11.1 Å². The van der Waals surface area contributed by atoms with Gasteiger partial charge in [-0.25, -0.2) is 9.82 Å². The monoisotopic (exact) mass is 522 g/mol. The van der Waals surface area contributed by atoms with E-state index in [2.05, 4.69) is 10.5 Å². The minimum absolute atomic E-state index is 0.118. The fourth-order valence-corrected chi connectivity index (χ4v) is 3.68. The fourth-order valence-electron chi connectivity index (χ4n) is 3.46. The minimum atomic E-state index is -0.421. The molecule has 0 aliphatic carbocycles. The molecule has 0 saturated carbocycles. The molecular formula is C28H24ClFN2O5. The van der Waals surface area contributed by atoms with Crippen molar-refractivity contribution in [3.63, 3.8) is 0 Å². The van der Waals surface area contributed by atoms with Crippen LogP contribution < -0.4 is 24.4 Å². The number of amides is 1. The highest BCUT2D eigenvalue weighted by Crippen LogP contribution is 2.29. The molecule has 37 heavy (non-hydrogen) atoms. The normalized spacial score (nSPS) is 10.9. The number of hydrazone groups is 1. The van der Waals surface area contributed by atoms with E-state index in [9.17, 15) is 9.18 Å². The van der Waals surface area contributed by atoms with Gasteiger partial charge in [-0.2, -0.15) is 5.10 Å². The Hall–Kier alpha value is -4.30. The van der Waals surface area contributed by atoms with Crippen molar-refractivity contribution in [3.8, 4) is 23.0 Å². The highest BCUT2D eigenvalue weighted by Gasteiger charge is 2.09. The van der Waals surface area contributed by atoms with Crippen LogP contribution in [0.4, 0.5) is 4.39 Å². The van der Waals surface area contributed by atoms with Gasteiger partial charge in [0.15, 0.2) is 18.1 Å². The molecule has 0 bridgehead atoms. The van der Waals surface area contributed by atoms with E-state index in [0.717, 1.165) is 16.5 Å². The standard InChI is InChI=1S/C28H24ClFN2O5/c1-34-23-8-5-20-13-24(9-6-19(20)12-23)36-17-28(33)32-31-15-18-3-10-26(35-2)27(11-18)37-16-21-4-7-22(30)14-25(21)29/h3-15H,16-17H2,1-2H3,(H,32,33)/b31-15+. The number of hydrogen-bond acceptors (Lipinski definition) is 6. The molecule has 7 nitrogen and oxygen atoms in total. The van der Waals surface area contributed by atoms with Gasteiger partial charge in [0.1, 0.15) is 23.9 Å². The van der Waals surface area contributed by atoms with Crippen molar-refractivity contribution in [2.24, 2.45) is 5.10 Å². The smallest absolute Gasteiger partial charge is 0.277 e. The molecule has 0 aromatic heterocycles. The second kappa shape index (κ2) is 12.1. The van der Waals surface area contributed by atoms with Gasteiger partial charge in [0.05, 0.1) is 25.5 Å². The summed E-state index contributed by atoms with van der Waals surface area (Å²) in [5, 5.41) is 6.23. The second-order valence-corrected chi connectivity index (χ2v) is 8.30. The van der Waals surface area contributed by atoms with Crippen LogP contribution in [-0.4, -0.2) is 32.9 Å². The highest BCUT2D eigenvalue weighted by atomic mass is 35.5. The Morgan fingerprint density at radius 3 is 2.38 bits per heavy atom. The Bertz CT molecular complexity index is 1440. The maximum absolute atomic E-state index is 13.3. The molecule has 0 heterocycles. The second-order valence-electron chi connectivity index (χ2n) is 7.89. The Labute approximate surface area is 218 Å². The molecule has 0 radical (unpaired) electrons. The van der Waals surface area contributed by atoms with Gasteiger partial charge in [0, 0.05) is 5.56 Å². The summed E-state index contributed by atoms with van der Waals surface area (Å²) in [6.07, 6.45) is 1.47. The van der Waals surface area contributed by atoms with Gasteiger partial charge < -0.3 is 18.9 Å². The van der Waals surface area contributed by atoms with Crippen LogP contribution in [0.25, 0.3) is 10.8 Å². The molecule has 1 N–H and O–H groups in total. The molecular weight excluding hydrogens is 499 g/mol. The molecule has 4 rings (SSSR count). The topological polar surface area (TPSA) is 78.4 Å². The van der Waals surface area contributed by atoms with Gasteiger partial charge in [0.2, 0.25) is 0 Å². The number of fused-ring (bicyclic) bond motifs is 1. The average Bonchev–Trinajstić information content (AvgIpc) is 2.91. The van der Waals surface area contributed by atoms with E-state index in [1.807, 2.05) is 30.3 Å². The number of halogens is 2. The van der Waals surface area contributed by atoms with Crippen molar-refractivity contribution in [2.75, 3.05) is 20.8 Å². The number of nitrogens with one attached hydrogen (secondary N) is 1. The summed E-state index contributed by atoms with van der Waals surface area (Å²) in [7, 11) is 3.14.